The van der Waals surface area contributed by atoms with Gasteiger partial charge in [0.2, 0.25) is 0 Å². The highest BCUT2D eigenvalue weighted by Gasteiger charge is 2.51. The molecule has 0 bridgehead atoms. The van der Waals surface area contributed by atoms with Crippen LogP contribution >= 0.6 is 22.7 Å². The zero-order valence-electron chi connectivity index (χ0n) is 74.8. The Balaban J connectivity index is 0.000000125. The Morgan fingerprint density at radius 1 is 0.374 bits per heavy atom. The number of urea groups is 5. The van der Waals surface area contributed by atoms with Crippen LogP contribution in [0, 0.1) is 59.8 Å². The third kappa shape index (κ3) is 24.6. The standard InChI is InChI=1S/C21H21FN6O.C20H21FN6O.C19H19FN6O.C18H16F2N6OS.C18H17FN6OS/c1-13-8-9-24-19(25-13)10-14-11-28(12-14)21(29)27-20-17(23)6-7-18(26-20)15-2-4-16(22)5-3-15;1-26-9-8-23-18(26)10-13-11-27(12-13)20(28)25-19-16(22)6-7-17(24-19)14-2-4-15(21)5-3-14;20-15-4-2-14(3-5-15)17-7-6-16(21)18(23-17)24-19(27)25-10-13(11-25)12-26-9-1-8-22-26;19-18(20,16-22-6-2-7-23-16)11-9-26(10-11)17(27)25-15-12(21)4-5-13(24-15)14-3-1-8-28-14;19-12-7-21-16(22-8-12)6-11-9-25(10-11)18(26)24-17-13(20)3-4-14(23-17)15-2-1-5-27-15/h2-9,14H,10-12,23H2,1H3,(H,26,27,29);2-9,13H,10-12,22H2,1H3,(H,24,25,28);1-9,13H,10-12,21H2,(H,23,24,27);1-8,11H,9-10,21H2,(H,24,25,27);1-5,7-8,11H,6,9-10,20H2,(H,23,24,26). The van der Waals surface area contributed by atoms with Crippen molar-refractivity contribution < 1.29 is 50.3 Å². The molecule has 3 aromatic carbocycles. The lowest BCUT2D eigenvalue weighted by atomic mass is 9.92. The van der Waals surface area contributed by atoms with Crippen LogP contribution in [0.25, 0.3) is 54.9 Å². The number of halogens is 6. The van der Waals surface area contributed by atoms with Gasteiger partial charge >= 0.3 is 36.1 Å². The minimum atomic E-state index is -3.20. The maximum atomic E-state index is 14.4. The van der Waals surface area contributed by atoms with E-state index in [0.717, 1.165) is 81.3 Å². The molecule has 0 unspecified atom stereocenters. The van der Waals surface area contributed by atoms with Gasteiger partial charge in [0.25, 0.3) is 0 Å². The number of rotatable bonds is 20. The smallest absolute Gasteiger partial charge is 0.323 e. The summed E-state index contributed by atoms with van der Waals surface area (Å²) in [5.74, 6) is -0.955. The maximum Gasteiger partial charge on any atom is 0.323 e. The molecule has 43 heteroatoms. The number of alkyl halides is 2. The van der Waals surface area contributed by atoms with Crippen molar-refractivity contribution in [2.75, 3.05) is 121 Å². The number of aromatic nitrogens is 15. The van der Waals surface area contributed by atoms with Crippen LogP contribution < -0.4 is 55.3 Å². The number of benzene rings is 3. The molecule has 35 nitrogen and oxygen atoms in total. The maximum absolute atomic E-state index is 14.4. The van der Waals surface area contributed by atoms with Gasteiger partial charge < -0.3 is 57.7 Å². The van der Waals surface area contributed by atoms with E-state index in [2.05, 4.69) is 91.5 Å². The second-order valence-electron chi connectivity index (χ2n) is 33.4. The highest BCUT2D eigenvalue weighted by atomic mass is 32.1. The number of amides is 10. The number of carbonyl (C=O) groups is 5. The number of pyridine rings is 5. The molecule has 0 aliphatic carbocycles. The summed E-state index contributed by atoms with van der Waals surface area (Å²) in [6, 6.07) is 46.7. The van der Waals surface area contributed by atoms with Gasteiger partial charge in [0.15, 0.2) is 40.7 Å². The van der Waals surface area contributed by atoms with Gasteiger partial charge in [-0.05, 0) is 181 Å². The minimum Gasteiger partial charge on any atom is -0.396 e. The third-order valence-electron chi connectivity index (χ3n) is 23.1. The molecule has 0 saturated carbocycles. The second kappa shape index (κ2) is 43.4. The van der Waals surface area contributed by atoms with E-state index in [1.165, 1.54) is 71.1 Å². The molecule has 0 spiro atoms. The van der Waals surface area contributed by atoms with Crippen LogP contribution in [-0.2, 0) is 38.8 Å². The molecule has 12 aromatic heterocycles. The number of hydrogen-bond donors (Lipinski definition) is 10. The number of nitrogen functional groups attached to an aromatic ring is 5. The second-order valence-corrected chi connectivity index (χ2v) is 35.3. The van der Waals surface area contributed by atoms with Gasteiger partial charge in [-0.2, -0.15) is 13.9 Å². The van der Waals surface area contributed by atoms with Gasteiger partial charge in [-0.1, -0.05) is 12.1 Å². The van der Waals surface area contributed by atoms with Gasteiger partial charge in [0.1, 0.15) is 34.9 Å². The molecule has 17 heterocycles. The first kappa shape index (κ1) is 95.6. The monoisotopic (exact) mass is 1920 g/mol. The summed E-state index contributed by atoms with van der Waals surface area (Å²) in [4.78, 5) is 123. The predicted molar refractivity (Wildman–Crippen MR) is 518 cm³/mol. The topological polar surface area (TPSA) is 469 Å². The Hall–Kier alpha value is -16.6. The molecule has 5 aliphatic rings. The summed E-state index contributed by atoms with van der Waals surface area (Å²) in [5, 5.41) is 21.8. The normalized spacial score (nSPS) is 14.1. The number of nitrogens with two attached hydrogens (primary N) is 5. The fourth-order valence-electron chi connectivity index (χ4n) is 15.3. The molecule has 20 rings (SSSR count). The van der Waals surface area contributed by atoms with Gasteiger partial charge in [0.05, 0.1) is 85.0 Å². The van der Waals surface area contributed by atoms with Crippen molar-refractivity contribution in [3.05, 3.63) is 295 Å². The Bertz CT molecular complexity index is 6760. The number of likely N-dealkylation sites (tertiary alicyclic amines) is 5. The fraction of sp³-hybridized carbons (Fsp3) is 0.229. The minimum absolute atomic E-state index is 0.110. The lowest BCUT2D eigenvalue weighted by Crippen LogP contribution is -2.57. The number of imidazole rings is 1. The largest absolute Gasteiger partial charge is 0.396 e. The number of nitrogens with one attached hydrogen (secondary N) is 5. The Labute approximate surface area is 800 Å². The van der Waals surface area contributed by atoms with E-state index < -0.39 is 29.5 Å². The number of carbonyl (C=O) groups excluding carboxylic acids is 5. The van der Waals surface area contributed by atoms with Gasteiger partial charge in [-0.25, -0.2) is 101 Å². The molecular weight excluding hydrogens is 1830 g/mol. The molecule has 15 N–H and O–H groups in total. The average Bonchev–Trinajstić information content (AvgIpc) is 1.17. The first-order valence-electron chi connectivity index (χ1n) is 43.9. The van der Waals surface area contributed by atoms with Crippen molar-refractivity contribution in [3.8, 4) is 54.9 Å². The lowest BCUT2D eigenvalue weighted by molar-refractivity contribution is -0.117. The van der Waals surface area contributed by atoms with Gasteiger partial charge in [-0.15, -0.1) is 22.7 Å². The van der Waals surface area contributed by atoms with Crippen molar-refractivity contribution >= 4 is 110 Å². The van der Waals surface area contributed by atoms with Crippen molar-refractivity contribution in [2.24, 2.45) is 36.6 Å². The van der Waals surface area contributed by atoms with Crippen LogP contribution in [0.1, 0.15) is 29.0 Å². The summed E-state index contributed by atoms with van der Waals surface area (Å²) >= 11 is 3.08. The summed E-state index contributed by atoms with van der Waals surface area (Å²) in [6.07, 6.45) is 16.1. The van der Waals surface area contributed by atoms with E-state index in [9.17, 15) is 50.3 Å². The quantitative estimate of drug-likeness (QED) is 0.0317. The van der Waals surface area contributed by atoms with E-state index in [4.69, 9.17) is 28.7 Å². The molecule has 0 radical (unpaired) electrons. The van der Waals surface area contributed by atoms with E-state index >= 15 is 0 Å². The number of nitrogens with zero attached hydrogens (tertiary/aromatic N) is 20. The summed E-state index contributed by atoms with van der Waals surface area (Å²) in [6.45, 7) is 7.55. The summed E-state index contributed by atoms with van der Waals surface area (Å²) in [5.41, 5.74) is 38.0. The number of anilines is 10. The lowest BCUT2D eigenvalue weighted by Gasteiger charge is -2.42. The summed E-state index contributed by atoms with van der Waals surface area (Å²) in [7, 11) is 1.97. The summed E-state index contributed by atoms with van der Waals surface area (Å²) < 4.78 is 84.9. The van der Waals surface area contributed by atoms with Crippen LogP contribution in [0.2, 0.25) is 0 Å². The Morgan fingerprint density at radius 2 is 0.748 bits per heavy atom. The van der Waals surface area contributed by atoms with E-state index in [0.29, 0.717) is 157 Å². The molecule has 139 heavy (non-hydrogen) atoms. The number of aryl methyl sites for hydroxylation is 2. The third-order valence-corrected chi connectivity index (χ3v) is 24.9. The molecule has 5 fully saturated rings. The molecule has 0 atom stereocenters. The zero-order valence-corrected chi connectivity index (χ0v) is 76.5. The van der Waals surface area contributed by atoms with Crippen molar-refractivity contribution in [3.63, 3.8) is 0 Å². The van der Waals surface area contributed by atoms with E-state index in [1.807, 2.05) is 88.8 Å². The highest BCUT2D eigenvalue weighted by molar-refractivity contribution is 7.13. The van der Waals surface area contributed by atoms with Crippen LogP contribution in [0.5, 0.6) is 0 Å². The zero-order chi connectivity index (χ0) is 97.4. The van der Waals surface area contributed by atoms with Crippen LogP contribution in [0.3, 0.4) is 0 Å². The van der Waals surface area contributed by atoms with Gasteiger partial charge in [-0.3, -0.25) is 31.3 Å². The first-order chi connectivity index (χ1) is 67.1. The van der Waals surface area contributed by atoms with Crippen LogP contribution in [-0.4, -0.2) is 194 Å². The molecule has 712 valence electrons. The van der Waals surface area contributed by atoms with Gasteiger partial charge in [0, 0.05) is 188 Å². The molecule has 5 aliphatic heterocycles. The molecule has 10 amide bonds. The number of thiophene rings is 2. The van der Waals surface area contributed by atoms with E-state index in [-0.39, 0.29) is 66.4 Å². The fourth-order valence-corrected chi connectivity index (χ4v) is 16.7. The van der Waals surface area contributed by atoms with Crippen LogP contribution in [0.4, 0.5) is 108 Å². The SMILES string of the molecule is Cc1ccnc(CC2CN(C(=O)Nc3nc(-c4ccc(F)cc4)ccc3N)C2)n1.Cn1ccnc1CC1CN(C(=O)Nc2nc(-c3ccc(F)cc3)ccc2N)C1.Nc1ccc(-c2ccc(F)cc2)nc1NC(=O)N1CC(Cn2cccn2)C1.Nc1ccc(-c2cccs2)nc1NC(=O)N1CC(C(F)(F)c2ncccn2)C1.Nc1ccc(-c2cccs2)nc1NC(=O)N1CC(Cc2ncc(F)cn2)C1. The van der Waals surface area contributed by atoms with Crippen molar-refractivity contribution in [2.45, 2.75) is 38.7 Å². The van der Waals surface area contributed by atoms with Crippen LogP contribution in [0.15, 0.2) is 242 Å². The average molecular weight is 1930 g/mol. The highest BCUT2D eigenvalue weighted by Crippen LogP contribution is 2.41. The predicted octanol–water partition coefficient (Wildman–Crippen LogP) is 15.5. The first-order valence-corrected chi connectivity index (χ1v) is 45.7. The molecule has 5 saturated heterocycles. The molecule has 15 aromatic rings. The number of hydrogen-bond acceptors (Lipinski definition) is 25. The Kier molecular flexibility index (Phi) is 29.8. The van der Waals surface area contributed by atoms with E-state index in [1.54, 1.807) is 141 Å². The van der Waals surface area contributed by atoms with Crippen molar-refractivity contribution in [1.82, 2.24) is 98.7 Å². The molecular formula is C96H94F6N30O5S2. The Morgan fingerprint density at radius 3 is 1.12 bits per heavy atom. The van der Waals surface area contributed by atoms with Crippen molar-refractivity contribution in [1.29, 1.82) is 0 Å².